The second-order valence-corrected chi connectivity index (χ2v) is 10.7. The van der Waals surface area contributed by atoms with Crippen LogP contribution in [0.2, 0.25) is 0 Å². The summed E-state index contributed by atoms with van der Waals surface area (Å²) < 4.78 is 35.5. The minimum Gasteiger partial charge on any atom is -0.756 e. The van der Waals surface area contributed by atoms with Crippen molar-refractivity contribution in [3.8, 4) is 11.8 Å². The number of hydrogen-bond donors (Lipinski definition) is 3. The number of carbonyl (C=O) groups excluding carboxylic acids is 1. The summed E-state index contributed by atoms with van der Waals surface area (Å²) in [4.78, 5) is 45.7. The highest BCUT2D eigenvalue weighted by atomic mass is 31.2. The number of phosphoric acid groups is 1. The fraction of sp³-hybridized carbons (Fsp3) is 0.462. The SMILES string of the molecule is CCCCCCNC(=O)Nc1ncnc2c1ncn2[C@@H]1O[C@H](COP(=O)([O-])O)C2OC(C#Cc3ccccc3)O[C@@H]21. The smallest absolute Gasteiger partial charge is 0.320 e. The molecule has 0 aliphatic carbocycles. The van der Waals surface area contributed by atoms with Crippen molar-refractivity contribution in [2.24, 2.45) is 0 Å². The van der Waals surface area contributed by atoms with E-state index in [2.05, 4.69) is 48.9 Å². The Hall–Kier alpha value is -3.41. The van der Waals surface area contributed by atoms with E-state index < -0.39 is 51.3 Å². The molecule has 2 aliphatic rings. The van der Waals surface area contributed by atoms with Crippen LogP contribution in [-0.4, -0.2) is 68.2 Å². The van der Waals surface area contributed by atoms with Gasteiger partial charge in [0.25, 0.3) is 7.82 Å². The topological polar surface area (TPSA) is 182 Å². The molecule has 41 heavy (non-hydrogen) atoms. The van der Waals surface area contributed by atoms with E-state index in [0.29, 0.717) is 17.7 Å². The van der Waals surface area contributed by atoms with Gasteiger partial charge < -0.3 is 33.8 Å². The van der Waals surface area contributed by atoms with E-state index in [-0.39, 0.29) is 5.82 Å². The van der Waals surface area contributed by atoms with Crippen molar-refractivity contribution in [3.63, 3.8) is 0 Å². The van der Waals surface area contributed by atoms with Gasteiger partial charge in [-0.05, 0) is 24.5 Å². The number of urea groups is 1. The third-order valence-electron chi connectivity index (χ3n) is 6.54. The lowest BCUT2D eigenvalue weighted by atomic mass is 10.1. The number of carbonyl (C=O) groups is 1. The molecular weight excluding hydrogens is 555 g/mol. The van der Waals surface area contributed by atoms with Crippen LogP contribution in [0.15, 0.2) is 43.0 Å². The average molecular weight is 586 g/mol. The van der Waals surface area contributed by atoms with Gasteiger partial charge in [-0.25, -0.2) is 19.7 Å². The molecule has 2 fully saturated rings. The van der Waals surface area contributed by atoms with Crippen LogP contribution in [0, 0.1) is 11.8 Å². The number of phosphoric ester groups is 1. The van der Waals surface area contributed by atoms with Crippen molar-refractivity contribution in [2.75, 3.05) is 18.5 Å². The zero-order valence-corrected chi connectivity index (χ0v) is 23.1. The molecule has 218 valence electrons. The fourth-order valence-corrected chi connectivity index (χ4v) is 4.96. The summed E-state index contributed by atoms with van der Waals surface area (Å²) >= 11 is 0. The number of benzene rings is 1. The van der Waals surface area contributed by atoms with Crippen molar-refractivity contribution in [2.45, 2.75) is 63.4 Å². The van der Waals surface area contributed by atoms with Crippen LogP contribution >= 0.6 is 7.82 Å². The zero-order valence-electron chi connectivity index (χ0n) is 22.2. The number of nitrogens with one attached hydrogen (secondary N) is 2. The number of unbranched alkanes of at least 4 members (excludes halogenated alkanes) is 3. The first-order valence-electron chi connectivity index (χ1n) is 13.3. The van der Waals surface area contributed by atoms with Crippen molar-refractivity contribution in [1.29, 1.82) is 0 Å². The van der Waals surface area contributed by atoms with E-state index in [1.807, 2.05) is 30.3 Å². The molecule has 14 nitrogen and oxygen atoms in total. The first kappa shape index (κ1) is 29.1. The molecular formula is C26H30N6O8P-. The fourth-order valence-electron chi connectivity index (χ4n) is 4.63. The molecule has 3 unspecified atom stereocenters. The van der Waals surface area contributed by atoms with Crippen molar-refractivity contribution in [3.05, 3.63) is 48.5 Å². The number of rotatable bonds is 10. The van der Waals surface area contributed by atoms with E-state index in [0.717, 1.165) is 31.2 Å². The zero-order chi connectivity index (χ0) is 28.8. The summed E-state index contributed by atoms with van der Waals surface area (Å²) in [5.41, 5.74) is 1.41. The molecule has 2 amide bonds. The van der Waals surface area contributed by atoms with Crippen LogP contribution in [0.25, 0.3) is 11.2 Å². The summed E-state index contributed by atoms with van der Waals surface area (Å²) in [5, 5.41) is 5.51. The molecule has 4 heterocycles. The Bertz CT molecular complexity index is 1450. The molecule has 0 bridgehead atoms. The van der Waals surface area contributed by atoms with E-state index in [1.165, 1.54) is 12.7 Å². The molecule has 0 spiro atoms. The summed E-state index contributed by atoms with van der Waals surface area (Å²) in [7, 11) is -5.02. The maximum Gasteiger partial charge on any atom is 0.320 e. The van der Waals surface area contributed by atoms with Gasteiger partial charge in [-0.1, -0.05) is 50.3 Å². The van der Waals surface area contributed by atoms with Gasteiger partial charge in [-0.15, -0.1) is 0 Å². The van der Waals surface area contributed by atoms with Gasteiger partial charge in [0.1, 0.15) is 24.6 Å². The van der Waals surface area contributed by atoms with Crippen molar-refractivity contribution in [1.82, 2.24) is 24.8 Å². The highest BCUT2D eigenvalue weighted by molar-refractivity contribution is 7.44. The minimum atomic E-state index is -5.02. The molecule has 3 aromatic rings. The molecule has 3 N–H and O–H groups in total. The summed E-state index contributed by atoms with van der Waals surface area (Å²) in [6.45, 7) is 2.14. The lowest BCUT2D eigenvalue weighted by Crippen LogP contribution is -2.32. The normalized spacial score (nSPS) is 24.8. The number of nitrogens with zero attached hydrogens (tertiary/aromatic N) is 4. The highest BCUT2D eigenvalue weighted by Crippen LogP contribution is 2.42. The maximum atomic E-state index is 12.4. The number of fused-ring (bicyclic) bond motifs is 2. The Kier molecular flexibility index (Phi) is 9.26. The predicted molar refractivity (Wildman–Crippen MR) is 143 cm³/mol. The molecule has 0 saturated carbocycles. The van der Waals surface area contributed by atoms with Crippen LogP contribution in [0.1, 0.15) is 44.4 Å². The summed E-state index contributed by atoms with van der Waals surface area (Å²) in [6.07, 6.45) is 2.58. The second kappa shape index (κ2) is 13.1. The Labute approximate surface area is 236 Å². The number of imidazole rings is 1. The van der Waals surface area contributed by atoms with E-state index in [9.17, 15) is 14.3 Å². The Morgan fingerprint density at radius 3 is 2.73 bits per heavy atom. The molecule has 2 aliphatic heterocycles. The van der Waals surface area contributed by atoms with Crippen LogP contribution in [0.5, 0.6) is 0 Å². The van der Waals surface area contributed by atoms with Crippen molar-refractivity contribution >= 4 is 30.8 Å². The lowest BCUT2D eigenvalue weighted by Gasteiger charge is -2.22. The number of anilines is 1. The van der Waals surface area contributed by atoms with E-state index in [4.69, 9.17) is 19.1 Å². The Morgan fingerprint density at radius 2 is 1.95 bits per heavy atom. The van der Waals surface area contributed by atoms with Gasteiger partial charge in [-0.3, -0.25) is 14.4 Å². The van der Waals surface area contributed by atoms with Gasteiger partial charge in [-0.2, -0.15) is 0 Å². The molecule has 0 radical (unpaired) electrons. The van der Waals surface area contributed by atoms with E-state index >= 15 is 0 Å². The number of amides is 2. The maximum absolute atomic E-state index is 12.4. The largest absolute Gasteiger partial charge is 0.756 e. The molecule has 5 rings (SSSR count). The van der Waals surface area contributed by atoms with Gasteiger partial charge in [0.15, 0.2) is 23.2 Å². The predicted octanol–water partition coefficient (Wildman–Crippen LogP) is 2.06. The molecule has 2 saturated heterocycles. The third kappa shape index (κ3) is 7.27. The quantitative estimate of drug-likeness (QED) is 0.180. The number of aromatic nitrogens is 4. The average Bonchev–Trinajstić information content (AvgIpc) is 3.65. The van der Waals surface area contributed by atoms with Crippen LogP contribution < -0.4 is 15.5 Å². The standard InChI is InChI=1S/C26H31N6O8P/c1-2-3-4-8-13-27-26(33)31-23-20-24(29-15-28-23)32(16-30-20)25-22-21(18(38-25)14-37-41(34,35)36)39-19(40-22)12-11-17-9-6-5-7-10-17/h5-7,9-10,15-16,18-19,21-22,25H,2-4,8,13-14H2,1H3,(H2,34,35,36)(H2,27,28,29,31,33)/p-1/t18-,19?,21?,22+,25-/m1/s1. The van der Waals surface area contributed by atoms with Gasteiger partial charge in [0.05, 0.1) is 12.9 Å². The molecule has 15 heteroatoms. The van der Waals surface area contributed by atoms with Crippen LogP contribution in [0.3, 0.4) is 0 Å². The third-order valence-corrected chi connectivity index (χ3v) is 7.01. The summed E-state index contributed by atoms with van der Waals surface area (Å²) in [6, 6.07) is 8.86. The monoisotopic (exact) mass is 585 g/mol. The van der Waals surface area contributed by atoms with Gasteiger partial charge >= 0.3 is 6.03 Å². The van der Waals surface area contributed by atoms with Gasteiger partial charge in [0.2, 0.25) is 6.29 Å². The first-order chi connectivity index (χ1) is 19.8. The number of ether oxygens (including phenoxy) is 3. The summed E-state index contributed by atoms with van der Waals surface area (Å²) in [5.74, 6) is 6.11. The van der Waals surface area contributed by atoms with Gasteiger partial charge in [0, 0.05) is 12.1 Å². The molecule has 1 aromatic carbocycles. The second-order valence-electron chi connectivity index (χ2n) is 9.49. The Morgan fingerprint density at radius 1 is 1.15 bits per heavy atom. The minimum absolute atomic E-state index is 0.206. The van der Waals surface area contributed by atoms with Crippen LogP contribution in [-0.2, 0) is 23.3 Å². The Balaban J connectivity index is 1.34. The van der Waals surface area contributed by atoms with Crippen LogP contribution in [0.4, 0.5) is 10.6 Å². The van der Waals surface area contributed by atoms with E-state index in [1.54, 1.807) is 4.57 Å². The lowest BCUT2D eigenvalue weighted by molar-refractivity contribution is -0.223. The molecule has 6 atom stereocenters. The molecule has 2 aromatic heterocycles. The number of hydrogen-bond acceptors (Lipinski definition) is 10. The van der Waals surface area contributed by atoms with Crippen molar-refractivity contribution < 1.29 is 37.9 Å². The first-order valence-corrected chi connectivity index (χ1v) is 14.8. The highest BCUT2D eigenvalue weighted by Gasteiger charge is 2.54.